The maximum Gasteiger partial charge on any atom is 0.410 e. The number of nitrogens with one attached hydrogen (secondary N) is 2. The van der Waals surface area contributed by atoms with Crippen molar-refractivity contribution in [1.29, 1.82) is 0 Å². The van der Waals surface area contributed by atoms with Gasteiger partial charge in [-0.3, -0.25) is 4.79 Å². The molecule has 1 aliphatic heterocycles. The fourth-order valence-electron chi connectivity index (χ4n) is 5.63. The van der Waals surface area contributed by atoms with Gasteiger partial charge in [-0.25, -0.2) is 9.59 Å². The molecule has 3 N–H and O–H groups in total. The quantitative estimate of drug-likeness (QED) is 0.255. The number of aryl methyl sites for hydroxylation is 1. The van der Waals surface area contributed by atoms with Crippen LogP contribution in [-0.4, -0.2) is 78.8 Å². The molecule has 0 aliphatic carbocycles. The zero-order valence-electron chi connectivity index (χ0n) is 27.0. The van der Waals surface area contributed by atoms with Gasteiger partial charge in [0.25, 0.3) is 0 Å². The molecule has 46 heavy (non-hydrogen) atoms. The first-order valence-electron chi connectivity index (χ1n) is 15.6. The van der Waals surface area contributed by atoms with Crippen LogP contribution in [-0.2, 0) is 25.4 Å². The van der Waals surface area contributed by atoms with Gasteiger partial charge in [-0.15, -0.1) is 0 Å². The highest BCUT2D eigenvalue weighted by atomic mass is 16.6. The van der Waals surface area contributed by atoms with Crippen LogP contribution < -0.4 is 10.6 Å². The van der Waals surface area contributed by atoms with Gasteiger partial charge in [-0.2, -0.15) is 0 Å². The SMILES string of the molecule is COC(=O)N[C@H](C(=O)Nc1ccccc1CC[C@@H]1CN(C(=O)OC(C)(C)C)C[C@@H](CCO)O1)C(c1ccccc1)c1ccccc1. The lowest BCUT2D eigenvalue weighted by molar-refractivity contribution is -0.118. The predicted molar refractivity (Wildman–Crippen MR) is 176 cm³/mol. The minimum Gasteiger partial charge on any atom is -0.453 e. The summed E-state index contributed by atoms with van der Waals surface area (Å²) in [5, 5.41) is 15.4. The van der Waals surface area contributed by atoms with Crippen molar-refractivity contribution in [3.8, 4) is 0 Å². The fraction of sp³-hybridized carbons (Fsp3) is 0.417. The third-order valence-electron chi connectivity index (χ3n) is 7.74. The monoisotopic (exact) mass is 631 g/mol. The number of para-hydroxylation sites is 1. The molecule has 10 nitrogen and oxygen atoms in total. The first kappa shape index (κ1) is 34.5. The lowest BCUT2D eigenvalue weighted by Gasteiger charge is -2.38. The Kier molecular flexibility index (Phi) is 12.2. The van der Waals surface area contributed by atoms with Crippen LogP contribution in [0.25, 0.3) is 0 Å². The van der Waals surface area contributed by atoms with Crippen molar-refractivity contribution < 1.29 is 33.7 Å². The second-order valence-electron chi connectivity index (χ2n) is 12.4. The van der Waals surface area contributed by atoms with Gasteiger partial charge in [-0.1, -0.05) is 78.9 Å². The van der Waals surface area contributed by atoms with E-state index < -0.39 is 35.7 Å². The smallest absolute Gasteiger partial charge is 0.410 e. The summed E-state index contributed by atoms with van der Waals surface area (Å²) < 4.78 is 16.8. The highest BCUT2D eigenvalue weighted by Gasteiger charge is 2.35. The second-order valence-corrected chi connectivity index (χ2v) is 12.4. The molecule has 0 saturated carbocycles. The number of hydrogen-bond donors (Lipinski definition) is 3. The molecule has 3 atom stereocenters. The van der Waals surface area contributed by atoms with Crippen LogP contribution in [0.15, 0.2) is 84.9 Å². The molecule has 1 saturated heterocycles. The Labute approximate surface area is 271 Å². The average Bonchev–Trinajstić information content (AvgIpc) is 3.04. The molecule has 246 valence electrons. The van der Waals surface area contributed by atoms with Crippen LogP contribution >= 0.6 is 0 Å². The minimum atomic E-state index is -0.992. The first-order valence-corrected chi connectivity index (χ1v) is 15.6. The Hall–Kier alpha value is -4.41. The first-order chi connectivity index (χ1) is 22.1. The highest BCUT2D eigenvalue weighted by molar-refractivity contribution is 5.98. The van der Waals surface area contributed by atoms with Gasteiger partial charge in [0.15, 0.2) is 0 Å². The average molecular weight is 632 g/mol. The van der Waals surface area contributed by atoms with E-state index in [-0.39, 0.29) is 18.8 Å². The van der Waals surface area contributed by atoms with Crippen LogP contribution in [0.4, 0.5) is 15.3 Å². The lowest BCUT2D eigenvalue weighted by Crippen LogP contribution is -2.51. The molecule has 3 aromatic rings. The molecular formula is C36H45N3O7. The largest absolute Gasteiger partial charge is 0.453 e. The number of anilines is 1. The number of rotatable bonds is 11. The van der Waals surface area contributed by atoms with Crippen molar-refractivity contribution in [2.75, 3.05) is 32.1 Å². The van der Waals surface area contributed by atoms with E-state index in [1.165, 1.54) is 7.11 Å². The number of carbonyl (C=O) groups is 3. The van der Waals surface area contributed by atoms with E-state index in [0.29, 0.717) is 38.0 Å². The third kappa shape index (κ3) is 9.79. The van der Waals surface area contributed by atoms with Crippen LogP contribution in [0, 0.1) is 0 Å². The van der Waals surface area contributed by atoms with E-state index in [4.69, 9.17) is 14.2 Å². The van der Waals surface area contributed by atoms with Gasteiger partial charge in [0.2, 0.25) is 5.91 Å². The van der Waals surface area contributed by atoms with E-state index in [1.54, 1.807) is 4.90 Å². The fourth-order valence-corrected chi connectivity index (χ4v) is 5.63. The lowest BCUT2D eigenvalue weighted by atomic mass is 9.84. The third-order valence-corrected chi connectivity index (χ3v) is 7.74. The number of morpholine rings is 1. The molecule has 10 heteroatoms. The molecule has 1 aliphatic rings. The number of alkyl carbamates (subject to hydrolysis) is 1. The molecule has 1 heterocycles. The Morgan fingerprint density at radius 2 is 1.46 bits per heavy atom. The van der Waals surface area contributed by atoms with Gasteiger partial charge >= 0.3 is 12.2 Å². The molecule has 0 spiro atoms. The van der Waals surface area contributed by atoms with Crippen molar-refractivity contribution in [1.82, 2.24) is 10.2 Å². The molecule has 4 rings (SSSR count). The summed E-state index contributed by atoms with van der Waals surface area (Å²) in [5.41, 5.74) is 2.57. The molecule has 3 aromatic carbocycles. The summed E-state index contributed by atoms with van der Waals surface area (Å²) in [6, 6.07) is 25.6. The number of methoxy groups -OCH3 is 1. The molecular weight excluding hydrogens is 586 g/mol. The van der Waals surface area contributed by atoms with Crippen LogP contribution in [0.2, 0.25) is 0 Å². The van der Waals surface area contributed by atoms with E-state index in [9.17, 15) is 19.5 Å². The number of nitrogens with zero attached hydrogens (tertiary/aromatic N) is 1. The maximum absolute atomic E-state index is 14.1. The van der Waals surface area contributed by atoms with Crippen LogP contribution in [0.1, 0.15) is 56.2 Å². The second kappa shape index (κ2) is 16.2. The summed E-state index contributed by atoms with van der Waals surface area (Å²) in [4.78, 5) is 41.1. The summed E-state index contributed by atoms with van der Waals surface area (Å²) in [7, 11) is 1.27. The topological polar surface area (TPSA) is 126 Å². The van der Waals surface area contributed by atoms with Gasteiger partial charge in [0.1, 0.15) is 11.6 Å². The number of aliphatic hydroxyl groups is 1. The Balaban J connectivity index is 1.54. The summed E-state index contributed by atoms with van der Waals surface area (Å²) in [6.07, 6.45) is -0.223. The van der Waals surface area contributed by atoms with Crippen molar-refractivity contribution in [3.63, 3.8) is 0 Å². The molecule has 0 aromatic heterocycles. The van der Waals surface area contributed by atoms with Crippen LogP contribution in [0.5, 0.6) is 0 Å². The summed E-state index contributed by atoms with van der Waals surface area (Å²) in [5.74, 6) is -0.893. The number of aliphatic hydroxyl groups excluding tert-OH is 1. The van der Waals surface area contributed by atoms with E-state index >= 15 is 0 Å². The zero-order valence-corrected chi connectivity index (χ0v) is 27.0. The van der Waals surface area contributed by atoms with Crippen molar-refractivity contribution in [3.05, 3.63) is 102 Å². The molecule has 0 bridgehead atoms. The van der Waals surface area contributed by atoms with Gasteiger partial charge < -0.3 is 34.9 Å². The van der Waals surface area contributed by atoms with E-state index in [0.717, 1.165) is 16.7 Å². The van der Waals surface area contributed by atoms with Gasteiger partial charge in [0.05, 0.1) is 32.4 Å². The van der Waals surface area contributed by atoms with Crippen molar-refractivity contribution >= 4 is 23.8 Å². The Bertz CT molecular complexity index is 1390. The Morgan fingerprint density at radius 3 is 2.02 bits per heavy atom. The molecule has 0 radical (unpaired) electrons. The number of carbonyl (C=O) groups excluding carboxylic acids is 3. The van der Waals surface area contributed by atoms with Crippen LogP contribution in [0.3, 0.4) is 0 Å². The Morgan fingerprint density at radius 1 is 0.891 bits per heavy atom. The van der Waals surface area contributed by atoms with Crippen molar-refractivity contribution in [2.24, 2.45) is 0 Å². The number of benzene rings is 3. The molecule has 0 unspecified atom stereocenters. The maximum atomic E-state index is 14.1. The van der Waals surface area contributed by atoms with Gasteiger partial charge in [0, 0.05) is 18.2 Å². The standard InChI is InChI=1S/C36H45N3O7/c1-36(2,3)46-35(43)39-23-28(45-29(24-39)21-22-40)20-19-25-13-11-12-18-30(25)37-33(41)32(38-34(42)44-4)31(26-14-7-5-8-15-26)27-16-9-6-10-17-27/h5-18,28-29,31-32,40H,19-24H2,1-4H3,(H,37,41)(H,38,42)/t28-,29-,32+/m1/s1. The van der Waals surface area contributed by atoms with Crippen molar-refractivity contribution in [2.45, 2.75) is 69.8 Å². The highest BCUT2D eigenvalue weighted by Crippen LogP contribution is 2.30. The number of hydrogen-bond acceptors (Lipinski definition) is 7. The number of amides is 3. The van der Waals surface area contributed by atoms with E-state index in [2.05, 4.69) is 10.6 Å². The molecule has 3 amide bonds. The predicted octanol–water partition coefficient (Wildman–Crippen LogP) is 5.50. The van der Waals surface area contributed by atoms with Gasteiger partial charge in [-0.05, 0) is 62.8 Å². The number of ether oxygens (including phenoxy) is 3. The van der Waals surface area contributed by atoms with E-state index in [1.807, 2.05) is 106 Å². The zero-order chi connectivity index (χ0) is 33.1. The summed E-state index contributed by atoms with van der Waals surface area (Å²) in [6.45, 7) is 6.12. The summed E-state index contributed by atoms with van der Waals surface area (Å²) >= 11 is 0. The normalized spacial score (nSPS) is 17.2. The minimum absolute atomic E-state index is 0.0534. The molecule has 1 fully saturated rings.